The van der Waals surface area contributed by atoms with Crippen LogP contribution in [0.3, 0.4) is 0 Å². The zero-order valence-corrected chi connectivity index (χ0v) is 7.52. The highest BCUT2D eigenvalue weighted by Gasteiger charge is 2.14. The van der Waals surface area contributed by atoms with Crippen molar-refractivity contribution in [2.24, 2.45) is 5.92 Å². The first-order valence-corrected chi connectivity index (χ1v) is 4.90. The van der Waals surface area contributed by atoms with Crippen molar-refractivity contribution in [2.75, 3.05) is 6.67 Å². The molecule has 0 aliphatic heterocycles. The Balaban J connectivity index is 2.09. The highest BCUT2D eigenvalue weighted by atomic mass is 19.1. The molecular weight excluding hydrogens is 155 g/mol. The fourth-order valence-corrected chi connectivity index (χ4v) is 1.91. The zero-order chi connectivity index (χ0) is 8.81. The normalized spacial score (nSPS) is 19.4. The number of rotatable bonds is 4. The van der Waals surface area contributed by atoms with Crippen molar-refractivity contribution in [3.8, 4) is 0 Å². The van der Waals surface area contributed by atoms with Crippen molar-refractivity contribution < 1.29 is 9.18 Å². The van der Waals surface area contributed by atoms with E-state index in [4.69, 9.17) is 0 Å². The largest absolute Gasteiger partial charge is 0.297 e. The standard InChI is InChI=1S/C10H17FO/c11-8-10(12)7-6-9-4-2-1-3-5-9/h9H,1-8H2. The average molecular weight is 172 g/mol. The molecule has 1 rings (SSSR count). The minimum Gasteiger partial charge on any atom is -0.297 e. The maximum absolute atomic E-state index is 11.8. The van der Waals surface area contributed by atoms with Gasteiger partial charge >= 0.3 is 0 Å². The van der Waals surface area contributed by atoms with Crippen molar-refractivity contribution in [1.29, 1.82) is 0 Å². The third kappa shape index (κ3) is 3.33. The van der Waals surface area contributed by atoms with Gasteiger partial charge in [0.25, 0.3) is 0 Å². The summed E-state index contributed by atoms with van der Waals surface area (Å²) >= 11 is 0. The van der Waals surface area contributed by atoms with Crippen molar-refractivity contribution in [2.45, 2.75) is 44.9 Å². The molecule has 0 spiro atoms. The number of hydrogen-bond donors (Lipinski definition) is 0. The number of hydrogen-bond acceptors (Lipinski definition) is 1. The van der Waals surface area contributed by atoms with Crippen LogP contribution >= 0.6 is 0 Å². The van der Waals surface area contributed by atoms with E-state index in [1.54, 1.807) is 0 Å². The van der Waals surface area contributed by atoms with Gasteiger partial charge in [0.05, 0.1) is 0 Å². The van der Waals surface area contributed by atoms with Gasteiger partial charge in [-0.05, 0) is 12.3 Å². The van der Waals surface area contributed by atoms with Gasteiger partial charge in [-0.25, -0.2) is 4.39 Å². The van der Waals surface area contributed by atoms with Gasteiger partial charge in [0, 0.05) is 6.42 Å². The summed E-state index contributed by atoms with van der Waals surface area (Å²) in [5.41, 5.74) is 0. The van der Waals surface area contributed by atoms with Crippen LogP contribution in [0.5, 0.6) is 0 Å². The maximum atomic E-state index is 11.8. The van der Waals surface area contributed by atoms with Crippen molar-refractivity contribution in [3.63, 3.8) is 0 Å². The molecule has 0 aromatic heterocycles. The summed E-state index contributed by atoms with van der Waals surface area (Å²) in [7, 11) is 0. The summed E-state index contributed by atoms with van der Waals surface area (Å²) in [4.78, 5) is 10.7. The molecule has 1 aliphatic rings. The van der Waals surface area contributed by atoms with Crippen LogP contribution in [0.2, 0.25) is 0 Å². The molecule has 70 valence electrons. The van der Waals surface area contributed by atoms with Gasteiger partial charge < -0.3 is 0 Å². The Bertz CT molecular complexity index is 139. The molecule has 0 aromatic carbocycles. The topological polar surface area (TPSA) is 17.1 Å². The summed E-state index contributed by atoms with van der Waals surface area (Å²) < 4.78 is 11.8. The molecule has 0 saturated heterocycles. The molecule has 1 nitrogen and oxygen atoms in total. The quantitative estimate of drug-likeness (QED) is 0.637. The molecule has 0 bridgehead atoms. The number of ketones is 1. The van der Waals surface area contributed by atoms with Gasteiger partial charge in [-0.2, -0.15) is 0 Å². The summed E-state index contributed by atoms with van der Waals surface area (Å²) in [5, 5.41) is 0. The summed E-state index contributed by atoms with van der Waals surface area (Å²) in [6.07, 6.45) is 7.82. The summed E-state index contributed by atoms with van der Waals surface area (Å²) in [6.45, 7) is -0.771. The number of alkyl halides is 1. The molecule has 12 heavy (non-hydrogen) atoms. The van der Waals surface area contributed by atoms with Crippen LogP contribution in [0.15, 0.2) is 0 Å². The van der Waals surface area contributed by atoms with Gasteiger partial charge in [0.1, 0.15) is 6.67 Å². The Labute approximate surface area is 73.3 Å². The van der Waals surface area contributed by atoms with E-state index in [-0.39, 0.29) is 5.78 Å². The monoisotopic (exact) mass is 172 g/mol. The van der Waals surface area contributed by atoms with E-state index in [1.807, 2.05) is 0 Å². The minimum atomic E-state index is -0.771. The predicted molar refractivity (Wildman–Crippen MR) is 46.8 cm³/mol. The number of halogens is 1. The molecule has 0 radical (unpaired) electrons. The third-order valence-electron chi connectivity index (χ3n) is 2.71. The van der Waals surface area contributed by atoms with Crippen LogP contribution < -0.4 is 0 Å². The van der Waals surface area contributed by atoms with Gasteiger partial charge in [0.2, 0.25) is 0 Å². The first-order chi connectivity index (χ1) is 5.83. The molecule has 2 heteroatoms. The van der Waals surface area contributed by atoms with Crippen LogP contribution in [-0.2, 0) is 4.79 Å². The molecule has 1 fully saturated rings. The lowest BCUT2D eigenvalue weighted by molar-refractivity contribution is -0.120. The Morgan fingerprint density at radius 3 is 2.50 bits per heavy atom. The zero-order valence-electron chi connectivity index (χ0n) is 7.52. The van der Waals surface area contributed by atoms with Crippen LogP contribution in [0, 0.1) is 5.92 Å². The lowest BCUT2D eigenvalue weighted by atomic mass is 9.86. The molecule has 0 unspecified atom stereocenters. The Morgan fingerprint density at radius 2 is 1.92 bits per heavy atom. The Hall–Kier alpha value is -0.400. The molecule has 0 atom stereocenters. The van der Waals surface area contributed by atoms with Gasteiger partial charge in [-0.1, -0.05) is 32.1 Å². The number of carbonyl (C=O) groups is 1. The molecule has 1 aliphatic carbocycles. The van der Waals surface area contributed by atoms with E-state index >= 15 is 0 Å². The van der Waals surface area contributed by atoms with Gasteiger partial charge in [0.15, 0.2) is 5.78 Å². The van der Waals surface area contributed by atoms with Crippen molar-refractivity contribution in [3.05, 3.63) is 0 Å². The second-order valence-electron chi connectivity index (χ2n) is 3.72. The van der Waals surface area contributed by atoms with E-state index < -0.39 is 6.67 Å². The first-order valence-electron chi connectivity index (χ1n) is 4.90. The Morgan fingerprint density at radius 1 is 1.25 bits per heavy atom. The molecule has 0 N–H and O–H groups in total. The molecule has 1 saturated carbocycles. The Kier molecular flexibility index (Phi) is 4.26. The predicted octanol–water partition coefficient (Wildman–Crippen LogP) is 2.89. The van der Waals surface area contributed by atoms with E-state index in [9.17, 15) is 9.18 Å². The highest BCUT2D eigenvalue weighted by molar-refractivity contribution is 5.79. The van der Waals surface area contributed by atoms with Crippen LogP contribution in [0.25, 0.3) is 0 Å². The van der Waals surface area contributed by atoms with E-state index in [0.717, 1.165) is 6.42 Å². The van der Waals surface area contributed by atoms with E-state index in [2.05, 4.69) is 0 Å². The fourth-order valence-electron chi connectivity index (χ4n) is 1.91. The van der Waals surface area contributed by atoms with Crippen LogP contribution in [-0.4, -0.2) is 12.5 Å². The van der Waals surface area contributed by atoms with Crippen LogP contribution in [0.1, 0.15) is 44.9 Å². The second-order valence-corrected chi connectivity index (χ2v) is 3.72. The van der Waals surface area contributed by atoms with E-state index in [1.165, 1.54) is 32.1 Å². The first kappa shape index (κ1) is 9.69. The van der Waals surface area contributed by atoms with E-state index in [0.29, 0.717) is 12.3 Å². The lowest BCUT2D eigenvalue weighted by Gasteiger charge is -2.20. The molecule has 0 heterocycles. The minimum absolute atomic E-state index is 0.222. The molecule has 0 amide bonds. The number of Topliss-reactive ketones (excluding diaryl/α,β-unsaturated/α-hetero) is 1. The smallest absolute Gasteiger partial charge is 0.163 e. The summed E-state index contributed by atoms with van der Waals surface area (Å²) in [6, 6.07) is 0. The highest BCUT2D eigenvalue weighted by Crippen LogP contribution is 2.27. The van der Waals surface area contributed by atoms with Gasteiger partial charge in [-0.3, -0.25) is 4.79 Å². The third-order valence-corrected chi connectivity index (χ3v) is 2.71. The average Bonchev–Trinajstić information content (AvgIpc) is 2.16. The van der Waals surface area contributed by atoms with Crippen LogP contribution in [0.4, 0.5) is 4.39 Å². The summed E-state index contributed by atoms with van der Waals surface area (Å²) in [5.74, 6) is 0.481. The lowest BCUT2D eigenvalue weighted by Crippen LogP contribution is -2.09. The maximum Gasteiger partial charge on any atom is 0.163 e. The molecular formula is C10H17FO. The van der Waals surface area contributed by atoms with Crippen molar-refractivity contribution >= 4 is 5.78 Å². The molecule has 0 aromatic rings. The van der Waals surface area contributed by atoms with Crippen molar-refractivity contribution in [1.82, 2.24) is 0 Å². The number of carbonyl (C=O) groups excluding carboxylic acids is 1. The second kappa shape index (κ2) is 5.28. The SMILES string of the molecule is O=C(CF)CCC1CCCCC1. The fraction of sp³-hybridized carbons (Fsp3) is 0.900. The van der Waals surface area contributed by atoms with Gasteiger partial charge in [-0.15, -0.1) is 0 Å².